The molecular formula is C40H37FeNP2-6. The molecule has 0 spiro atoms. The zero-order valence-corrected chi connectivity index (χ0v) is 27.6. The smallest absolute Gasteiger partial charge is 0.0283 e. The molecule has 6 rings (SSSR count). The number of hydrogen-bond acceptors (Lipinski definition) is 1. The first-order valence-corrected chi connectivity index (χ1v) is 17.2. The minimum atomic E-state index is -0.812. The first-order chi connectivity index (χ1) is 21.3. The van der Waals surface area contributed by atoms with E-state index in [4.69, 9.17) is 0 Å². The molecule has 0 aliphatic heterocycles. The van der Waals surface area contributed by atoms with E-state index in [-0.39, 0.29) is 23.1 Å². The number of nitrogens with zero attached hydrogens (tertiary/aromatic N) is 1. The summed E-state index contributed by atoms with van der Waals surface area (Å²) in [4.78, 5) is 0. The predicted octanol–water partition coefficient (Wildman–Crippen LogP) is 8.33. The second kappa shape index (κ2) is 17.6. The molecule has 6 aromatic carbocycles. The van der Waals surface area contributed by atoms with Gasteiger partial charge in [-0.3, -0.25) is 4.67 Å². The van der Waals surface area contributed by atoms with Crippen LogP contribution in [0.1, 0.15) is 11.6 Å². The van der Waals surface area contributed by atoms with Gasteiger partial charge in [-0.25, -0.2) is 12.1 Å². The Hall–Kier alpha value is -3.60. The largest absolute Gasteiger partial charge is 0.748 e. The van der Waals surface area contributed by atoms with E-state index in [1.165, 1.54) is 32.1 Å². The molecule has 0 amide bonds. The van der Waals surface area contributed by atoms with Crippen LogP contribution in [0.25, 0.3) is 0 Å². The summed E-state index contributed by atoms with van der Waals surface area (Å²) in [5.74, 6) is 0. The van der Waals surface area contributed by atoms with E-state index in [9.17, 15) is 0 Å². The van der Waals surface area contributed by atoms with E-state index in [0.717, 1.165) is 6.54 Å². The first kappa shape index (κ1) is 33.3. The van der Waals surface area contributed by atoms with Crippen LogP contribution in [0.2, 0.25) is 0 Å². The Balaban J connectivity index is 0.000000670. The van der Waals surface area contributed by atoms with Gasteiger partial charge in [0, 0.05) is 37.7 Å². The Morgan fingerprint density at radius 1 is 0.591 bits per heavy atom. The summed E-state index contributed by atoms with van der Waals surface area (Å²) in [5.41, 5.74) is 1.32. The van der Waals surface area contributed by atoms with Gasteiger partial charge in [0.15, 0.2) is 0 Å². The van der Waals surface area contributed by atoms with Crippen molar-refractivity contribution in [3.8, 4) is 0 Å². The molecule has 0 radical (unpaired) electrons. The molecule has 0 aromatic heterocycles. The Labute approximate surface area is 276 Å². The van der Waals surface area contributed by atoms with Crippen LogP contribution in [-0.2, 0) is 17.1 Å². The summed E-state index contributed by atoms with van der Waals surface area (Å²) >= 11 is 0. The van der Waals surface area contributed by atoms with Crippen molar-refractivity contribution in [2.45, 2.75) is 6.04 Å². The second-order valence-corrected chi connectivity index (χ2v) is 14.3. The quantitative estimate of drug-likeness (QED) is 0.0591. The summed E-state index contributed by atoms with van der Waals surface area (Å²) in [5, 5.41) is 6.74. The number of benzene rings is 4. The van der Waals surface area contributed by atoms with Crippen LogP contribution >= 0.6 is 16.0 Å². The van der Waals surface area contributed by atoms with Crippen LogP contribution in [0.4, 0.5) is 0 Å². The second-order valence-electron chi connectivity index (χ2n) is 9.91. The van der Waals surface area contributed by atoms with Gasteiger partial charge in [-0.15, -0.1) is 24.0 Å². The normalized spacial score (nSPS) is 11.3. The molecule has 1 atom stereocenters. The van der Waals surface area contributed by atoms with Crippen molar-refractivity contribution in [1.82, 2.24) is 4.67 Å². The SMILES string of the molecule is C=CCN(C(C=C)[c-]1cccc1P(c1ccccc1)c1ccccc1)P(c1ccccc1)c1ccccc1.[Fe].[cH-]1[cH-][cH-][cH-][cH-]1. The van der Waals surface area contributed by atoms with E-state index in [1.54, 1.807) is 0 Å². The predicted molar refractivity (Wildman–Crippen MR) is 192 cm³/mol. The molecule has 6 aromatic rings. The first-order valence-electron chi connectivity index (χ1n) is 14.5. The minimum absolute atomic E-state index is 0. The molecule has 0 fully saturated rings. The molecule has 226 valence electrons. The van der Waals surface area contributed by atoms with Crippen LogP contribution in [0, 0.1) is 0 Å². The summed E-state index contributed by atoms with van der Waals surface area (Å²) < 4.78 is 2.59. The molecule has 44 heavy (non-hydrogen) atoms. The van der Waals surface area contributed by atoms with E-state index in [2.05, 4.69) is 163 Å². The van der Waals surface area contributed by atoms with E-state index in [0.29, 0.717) is 0 Å². The van der Waals surface area contributed by atoms with Crippen LogP contribution in [-0.4, -0.2) is 11.2 Å². The van der Waals surface area contributed by atoms with E-state index in [1.807, 2.05) is 36.4 Å². The van der Waals surface area contributed by atoms with Crippen molar-refractivity contribution >= 4 is 42.5 Å². The number of hydrogen-bond donors (Lipinski definition) is 0. The molecule has 4 heteroatoms. The third-order valence-electron chi connectivity index (χ3n) is 7.09. The summed E-state index contributed by atoms with van der Waals surface area (Å²) in [6.07, 6.45) is 4.14. The molecule has 0 aliphatic carbocycles. The van der Waals surface area contributed by atoms with E-state index >= 15 is 0 Å². The van der Waals surface area contributed by atoms with Crippen molar-refractivity contribution in [3.05, 3.63) is 201 Å². The molecular weight excluding hydrogens is 612 g/mol. The van der Waals surface area contributed by atoms with Gasteiger partial charge >= 0.3 is 0 Å². The van der Waals surface area contributed by atoms with Crippen molar-refractivity contribution in [2.75, 3.05) is 6.54 Å². The molecule has 1 unspecified atom stereocenters. The number of rotatable bonds is 11. The maximum atomic E-state index is 4.38. The van der Waals surface area contributed by atoms with Crippen LogP contribution in [0.3, 0.4) is 0 Å². The van der Waals surface area contributed by atoms with Gasteiger partial charge in [0.2, 0.25) is 0 Å². The fourth-order valence-electron chi connectivity index (χ4n) is 5.23. The van der Waals surface area contributed by atoms with Crippen molar-refractivity contribution < 1.29 is 17.1 Å². The van der Waals surface area contributed by atoms with Gasteiger partial charge in [-0.2, -0.15) is 6.07 Å². The summed E-state index contributed by atoms with van der Waals surface area (Å²) in [7, 11) is -1.54. The van der Waals surface area contributed by atoms with Crippen LogP contribution in [0.5, 0.6) is 0 Å². The Morgan fingerprint density at radius 3 is 1.39 bits per heavy atom. The molecule has 1 nitrogen and oxygen atoms in total. The van der Waals surface area contributed by atoms with Crippen LogP contribution in [0.15, 0.2) is 195 Å². The minimum Gasteiger partial charge on any atom is -0.748 e. The fourth-order valence-corrected chi connectivity index (χ4v) is 10.3. The van der Waals surface area contributed by atoms with Crippen molar-refractivity contribution in [2.24, 2.45) is 0 Å². The Morgan fingerprint density at radius 2 is 1.00 bits per heavy atom. The van der Waals surface area contributed by atoms with Gasteiger partial charge in [0.25, 0.3) is 0 Å². The third-order valence-corrected chi connectivity index (χ3v) is 12.1. The average molecular weight is 650 g/mol. The summed E-state index contributed by atoms with van der Waals surface area (Å²) in [6, 6.07) is 60.4. The molecule has 0 N–H and O–H groups in total. The maximum absolute atomic E-state index is 4.38. The summed E-state index contributed by atoms with van der Waals surface area (Å²) in [6.45, 7) is 9.29. The van der Waals surface area contributed by atoms with Gasteiger partial charge < -0.3 is 30.3 Å². The topological polar surface area (TPSA) is 3.24 Å². The Kier molecular flexibility index (Phi) is 13.3. The van der Waals surface area contributed by atoms with Crippen molar-refractivity contribution in [1.29, 1.82) is 0 Å². The zero-order chi connectivity index (χ0) is 29.7. The monoisotopic (exact) mass is 649 g/mol. The molecule has 0 heterocycles. The standard InChI is InChI=1S/C35H32NP2.C5H5.Fe/c1-3-28-36(38(31-22-13-7-14-23-31)32-24-15-8-16-25-32)34(4-2)33-26-17-27-35(33)37(29-18-9-5-10-19-29)30-20-11-6-12-21-30;1-2-4-5-3-1;/h3-27,34H,1-2,28H2;1-5H;/q-1;-5;. The van der Waals surface area contributed by atoms with Gasteiger partial charge in [0.1, 0.15) is 0 Å². The molecule has 0 aliphatic rings. The zero-order valence-electron chi connectivity index (χ0n) is 24.7. The average Bonchev–Trinajstić information content (AvgIpc) is 3.81. The van der Waals surface area contributed by atoms with E-state index < -0.39 is 16.0 Å². The van der Waals surface area contributed by atoms with Gasteiger partial charge in [0.05, 0.1) is 0 Å². The van der Waals surface area contributed by atoms with Gasteiger partial charge in [-0.1, -0.05) is 133 Å². The molecule has 0 saturated carbocycles. The molecule has 0 bridgehead atoms. The van der Waals surface area contributed by atoms with Crippen molar-refractivity contribution in [3.63, 3.8) is 0 Å². The molecule has 0 saturated heterocycles. The Bertz CT molecular complexity index is 1540. The van der Waals surface area contributed by atoms with Gasteiger partial charge in [-0.05, 0) is 29.1 Å². The third kappa shape index (κ3) is 8.31. The fraction of sp³-hybridized carbons (Fsp3) is 0.0500. The maximum Gasteiger partial charge on any atom is 0.0283 e. The van der Waals surface area contributed by atoms with Crippen LogP contribution < -0.4 is 26.5 Å².